The molecule has 1 aliphatic heterocycles. The summed E-state index contributed by atoms with van der Waals surface area (Å²) in [5.41, 5.74) is 2.83. The molecule has 0 N–H and O–H groups in total. The average molecular weight is 396 g/mol. The number of ether oxygens (including phenoxy) is 1. The summed E-state index contributed by atoms with van der Waals surface area (Å²) in [7, 11) is 0. The Kier molecular flexibility index (Phi) is 6.86. The molecule has 0 saturated carbocycles. The zero-order chi connectivity index (χ0) is 20.9. The minimum absolute atomic E-state index is 0.0187. The first-order chi connectivity index (χ1) is 13.8. The van der Waals surface area contributed by atoms with E-state index in [0.29, 0.717) is 12.1 Å². The zero-order valence-corrected chi connectivity index (χ0v) is 17.5. The van der Waals surface area contributed by atoms with Gasteiger partial charge in [-0.25, -0.2) is 4.39 Å². The molecule has 0 aliphatic carbocycles. The highest BCUT2D eigenvalue weighted by Gasteiger charge is 2.22. The fraction of sp³-hybridized carbons (Fsp3) is 0.400. The van der Waals surface area contributed by atoms with Crippen LogP contribution in [-0.2, 0) is 21.5 Å². The number of benzene rings is 2. The number of hydrogen-bond donors (Lipinski definition) is 0. The topological polar surface area (TPSA) is 29.5 Å². The predicted octanol–water partition coefficient (Wildman–Crippen LogP) is 5.34. The highest BCUT2D eigenvalue weighted by molar-refractivity contribution is 5.91. The quantitative estimate of drug-likeness (QED) is 0.618. The SMILES string of the molecule is CC(C)(C)c1ccc(/C=C/C(=O)N(Cc2ccccc2F)CC2CCCO2)cc1. The molecule has 154 valence electrons. The summed E-state index contributed by atoms with van der Waals surface area (Å²) >= 11 is 0. The summed E-state index contributed by atoms with van der Waals surface area (Å²) in [6.07, 6.45) is 5.34. The van der Waals surface area contributed by atoms with Crippen LogP contribution >= 0.6 is 0 Å². The normalized spacial score (nSPS) is 17.0. The molecule has 0 radical (unpaired) electrons. The van der Waals surface area contributed by atoms with Gasteiger partial charge in [0.15, 0.2) is 0 Å². The maximum atomic E-state index is 14.1. The Morgan fingerprint density at radius 3 is 2.52 bits per heavy atom. The Balaban J connectivity index is 1.73. The van der Waals surface area contributed by atoms with E-state index < -0.39 is 0 Å². The van der Waals surface area contributed by atoms with Crippen molar-refractivity contribution in [3.63, 3.8) is 0 Å². The highest BCUT2D eigenvalue weighted by atomic mass is 19.1. The third-order valence-corrected chi connectivity index (χ3v) is 5.27. The van der Waals surface area contributed by atoms with Crippen LogP contribution in [0.2, 0.25) is 0 Å². The number of hydrogen-bond acceptors (Lipinski definition) is 2. The number of rotatable bonds is 6. The van der Waals surface area contributed by atoms with E-state index in [1.54, 1.807) is 29.2 Å². The Morgan fingerprint density at radius 1 is 1.17 bits per heavy atom. The number of nitrogens with zero attached hydrogens (tertiary/aromatic N) is 1. The molecule has 0 spiro atoms. The van der Waals surface area contributed by atoms with Crippen LogP contribution in [0.1, 0.15) is 50.3 Å². The number of carbonyl (C=O) groups excluding carboxylic acids is 1. The molecular weight excluding hydrogens is 365 g/mol. The molecule has 1 unspecified atom stereocenters. The van der Waals surface area contributed by atoms with E-state index in [0.717, 1.165) is 25.0 Å². The van der Waals surface area contributed by atoms with Crippen molar-refractivity contribution in [2.45, 2.75) is 51.7 Å². The van der Waals surface area contributed by atoms with Crippen LogP contribution in [0.5, 0.6) is 0 Å². The van der Waals surface area contributed by atoms with Crippen molar-refractivity contribution in [3.8, 4) is 0 Å². The number of halogens is 1. The lowest BCUT2D eigenvalue weighted by atomic mass is 9.87. The molecule has 4 heteroatoms. The Morgan fingerprint density at radius 2 is 1.90 bits per heavy atom. The van der Waals surface area contributed by atoms with Gasteiger partial charge in [-0.2, -0.15) is 0 Å². The smallest absolute Gasteiger partial charge is 0.246 e. The van der Waals surface area contributed by atoms with Crippen LogP contribution in [0, 0.1) is 5.82 Å². The van der Waals surface area contributed by atoms with Gasteiger partial charge in [-0.1, -0.05) is 63.2 Å². The Hall–Kier alpha value is -2.46. The monoisotopic (exact) mass is 395 g/mol. The van der Waals surface area contributed by atoms with Crippen LogP contribution in [0.15, 0.2) is 54.6 Å². The van der Waals surface area contributed by atoms with Crippen molar-refractivity contribution >= 4 is 12.0 Å². The fourth-order valence-corrected chi connectivity index (χ4v) is 3.47. The summed E-state index contributed by atoms with van der Waals surface area (Å²) in [4.78, 5) is 14.6. The number of amides is 1. The van der Waals surface area contributed by atoms with Gasteiger partial charge in [0.2, 0.25) is 5.91 Å². The lowest BCUT2D eigenvalue weighted by molar-refractivity contribution is -0.128. The van der Waals surface area contributed by atoms with Gasteiger partial charge in [-0.3, -0.25) is 4.79 Å². The Bertz CT molecular complexity index is 846. The van der Waals surface area contributed by atoms with E-state index in [1.165, 1.54) is 11.6 Å². The van der Waals surface area contributed by atoms with E-state index in [4.69, 9.17) is 4.74 Å². The summed E-state index contributed by atoms with van der Waals surface area (Å²) in [5, 5.41) is 0. The van der Waals surface area contributed by atoms with Gasteiger partial charge in [-0.05, 0) is 41.5 Å². The molecule has 29 heavy (non-hydrogen) atoms. The van der Waals surface area contributed by atoms with E-state index in [-0.39, 0.29) is 29.8 Å². The van der Waals surface area contributed by atoms with Gasteiger partial charge in [-0.15, -0.1) is 0 Å². The molecule has 1 saturated heterocycles. The van der Waals surface area contributed by atoms with Crippen molar-refractivity contribution in [2.75, 3.05) is 13.2 Å². The molecule has 3 rings (SSSR count). The standard InChI is InChI=1S/C25H30FNO2/c1-25(2,3)21-13-10-19(11-14-21)12-15-24(28)27(18-22-8-6-16-29-22)17-20-7-4-5-9-23(20)26/h4-5,7,9-15,22H,6,8,16-18H2,1-3H3/b15-12+. The summed E-state index contributed by atoms with van der Waals surface area (Å²) < 4.78 is 19.8. The molecule has 2 aromatic carbocycles. The van der Waals surface area contributed by atoms with E-state index >= 15 is 0 Å². The second kappa shape index (κ2) is 9.36. The summed E-state index contributed by atoms with van der Waals surface area (Å²) in [5.74, 6) is -0.428. The second-order valence-electron chi connectivity index (χ2n) is 8.65. The molecule has 1 aliphatic rings. The van der Waals surface area contributed by atoms with Crippen LogP contribution in [0.25, 0.3) is 6.08 Å². The molecule has 3 nitrogen and oxygen atoms in total. The first kappa shape index (κ1) is 21.3. The predicted molar refractivity (Wildman–Crippen MR) is 115 cm³/mol. The molecule has 1 heterocycles. The van der Waals surface area contributed by atoms with Crippen LogP contribution < -0.4 is 0 Å². The Labute approximate surface area is 173 Å². The van der Waals surface area contributed by atoms with Crippen LogP contribution in [-0.4, -0.2) is 30.1 Å². The van der Waals surface area contributed by atoms with Gasteiger partial charge in [0.1, 0.15) is 5.82 Å². The third-order valence-electron chi connectivity index (χ3n) is 5.27. The second-order valence-corrected chi connectivity index (χ2v) is 8.65. The number of carbonyl (C=O) groups is 1. The van der Waals surface area contributed by atoms with Crippen LogP contribution in [0.4, 0.5) is 4.39 Å². The van der Waals surface area contributed by atoms with Gasteiger partial charge in [0.25, 0.3) is 0 Å². The van der Waals surface area contributed by atoms with Gasteiger partial charge < -0.3 is 9.64 Å². The largest absolute Gasteiger partial charge is 0.376 e. The van der Waals surface area contributed by atoms with Crippen molar-refractivity contribution in [1.29, 1.82) is 0 Å². The first-order valence-electron chi connectivity index (χ1n) is 10.3. The molecule has 1 fully saturated rings. The molecule has 1 amide bonds. The molecule has 2 aromatic rings. The lowest BCUT2D eigenvalue weighted by Crippen LogP contribution is -2.36. The third kappa shape index (κ3) is 6.01. The van der Waals surface area contributed by atoms with E-state index in [9.17, 15) is 9.18 Å². The molecule has 1 atom stereocenters. The maximum absolute atomic E-state index is 14.1. The van der Waals surface area contributed by atoms with Gasteiger partial charge in [0, 0.05) is 31.3 Å². The van der Waals surface area contributed by atoms with Crippen LogP contribution in [0.3, 0.4) is 0 Å². The molecule has 0 bridgehead atoms. The first-order valence-corrected chi connectivity index (χ1v) is 10.3. The van der Waals surface area contributed by atoms with Crippen molar-refractivity contribution in [2.24, 2.45) is 0 Å². The average Bonchev–Trinajstić information content (AvgIpc) is 3.20. The highest BCUT2D eigenvalue weighted by Crippen LogP contribution is 2.22. The zero-order valence-electron chi connectivity index (χ0n) is 17.5. The lowest BCUT2D eigenvalue weighted by Gasteiger charge is -2.24. The van der Waals surface area contributed by atoms with Crippen molar-refractivity contribution in [1.82, 2.24) is 4.90 Å². The molecular formula is C25H30FNO2. The minimum atomic E-state index is -0.292. The van der Waals surface area contributed by atoms with Crippen molar-refractivity contribution < 1.29 is 13.9 Å². The molecule has 0 aromatic heterocycles. The van der Waals surface area contributed by atoms with Crippen molar-refractivity contribution in [3.05, 3.63) is 77.1 Å². The minimum Gasteiger partial charge on any atom is -0.376 e. The fourth-order valence-electron chi connectivity index (χ4n) is 3.47. The summed E-state index contributed by atoms with van der Waals surface area (Å²) in [6.45, 7) is 7.95. The maximum Gasteiger partial charge on any atom is 0.246 e. The summed E-state index contributed by atoms with van der Waals surface area (Å²) in [6, 6.07) is 14.8. The van der Waals surface area contributed by atoms with E-state index in [2.05, 4.69) is 32.9 Å². The van der Waals surface area contributed by atoms with Gasteiger partial charge >= 0.3 is 0 Å². The van der Waals surface area contributed by atoms with Gasteiger partial charge in [0.05, 0.1) is 6.10 Å². The van der Waals surface area contributed by atoms with E-state index in [1.807, 2.05) is 18.2 Å².